The van der Waals surface area contributed by atoms with Crippen LogP contribution in [0.3, 0.4) is 0 Å². The van der Waals surface area contributed by atoms with E-state index in [0.717, 1.165) is 12.1 Å². The third-order valence-corrected chi connectivity index (χ3v) is 3.69. The van der Waals surface area contributed by atoms with Gasteiger partial charge in [0.1, 0.15) is 5.75 Å². The van der Waals surface area contributed by atoms with Crippen LogP contribution in [0.4, 0.5) is 13.2 Å². The molecule has 0 aromatic heterocycles. The number of hydrogen-bond acceptors (Lipinski definition) is 3. The van der Waals surface area contributed by atoms with Crippen LogP contribution in [-0.2, 0) is 15.8 Å². The van der Waals surface area contributed by atoms with Gasteiger partial charge in [-0.25, -0.2) is 0 Å². The molecule has 1 aromatic carbocycles. The number of alkyl halides is 3. The number of carbonyl (C=O) groups is 2. The molecule has 1 aromatic rings. The van der Waals surface area contributed by atoms with E-state index in [1.807, 2.05) is 0 Å². The van der Waals surface area contributed by atoms with E-state index in [-0.39, 0.29) is 25.5 Å². The molecule has 0 aliphatic carbocycles. The van der Waals surface area contributed by atoms with Crippen LogP contribution in [0, 0.1) is 5.92 Å². The van der Waals surface area contributed by atoms with Gasteiger partial charge in [-0.1, -0.05) is 12.1 Å². The van der Waals surface area contributed by atoms with Gasteiger partial charge < -0.3 is 14.7 Å². The molecule has 1 aliphatic rings. The van der Waals surface area contributed by atoms with Gasteiger partial charge in [0.15, 0.2) is 6.10 Å². The molecule has 5 nitrogen and oxygen atoms in total. The molecule has 1 N–H and O–H groups in total. The zero-order valence-corrected chi connectivity index (χ0v) is 13.6. The second-order valence-corrected chi connectivity index (χ2v) is 5.36. The van der Waals surface area contributed by atoms with Crippen molar-refractivity contribution in [2.75, 3.05) is 13.1 Å². The number of aliphatic carboxylic acids is 1. The molecule has 9 heteroatoms. The summed E-state index contributed by atoms with van der Waals surface area (Å²) in [4.78, 5) is 24.4. The normalized spacial score (nSPS) is 18.7. The predicted molar refractivity (Wildman–Crippen MR) is 81.1 cm³/mol. The van der Waals surface area contributed by atoms with Crippen molar-refractivity contribution in [2.24, 2.45) is 5.92 Å². The summed E-state index contributed by atoms with van der Waals surface area (Å²) in [6.07, 6.45) is -5.39. The molecule has 24 heavy (non-hydrogen) atoms. The van der Waals surface area contributed by atoms with Crippen molar-refractivity contribution >= 4 is 24.3 Å². The lowest BCUT2D eigenvalue weighted by Crippen LogP contribution is -2.39. The van der Waals surface area contributed by atoms with Gasteiger partial charge in [0, 0.05) is 13.1 Å². The first-order valence-electron chi connectivity index (χ1n) is 7.04. The van der Waals surface area contributed by atoms with Gasteiger partial charge in [0.25, 0.3) is 5.91 Å². The molecule has 1 fully saturated rings. The number of ether oxygens (including phenoxy) is 1. The minimum atomic E-state index is -4.58. The lowest BCUT2D eigenvalue weighted by atomic mass is 10.1. The molecule has 2 rings (SSSR count). The van der Waals surface area contributed by atoms with Crippen molar-refractivity contribution in [3.63, 3.8) is 0 Å². The van der Waals surface area contributed by atoms with E-state index in [1.165, 1.54) is 24.0 Å². The number of likely N-dealkylation sites (tertiary alicyclic amines) is 1. The summed E-state index contributed by atoms with van der Waals surface area (Å²) in [6, 6.07) is 4.65. The van der Waals surface area contributed by atoms with Crippen molar-refractivity contribution in [1.82, 2.24) is 4.90 Å². The molecule has 2 unspecified atom stereocenters. The summed E-state index contributed by atoms with van der Waals surface area (Å²) >= 11 is 0. The highest BCUT2D eigenvalue weighted by Gasteiger charge is 2.36. The number of hydrogen-bond donors (Lipinski definition) is 1. The lowest BCUT2D eigenvalue weighted by molar-refractivity contribution is -0.144. The lowest BCUT2D eigenvalue weighted by Gasteiger charge is -2.23. The number of carboxylic acid groups (broad SMARTS) is 1. The second kappa shape index (κ2) is 7.74. The van der Waals surface area contributed by atoms with E-state index in [4.69, 9.17) is 9.84 Å². The molecule has 1 aliphatic heterocycles. The highest BCUT2D eigenvalue weighted by atomic mass is 35.5. The SMILES string of the molecule is CC(Oc1ccccc1C(F)(F)F)C(=O)N1CCC(C(=O)O)C1.Cl. The number of nitrogens with zero attached hydrogens (tertiary/aromatic N) is 1. The van der Waals surface area contributed by atoms with Crippen molar-refractivity contribution in [2.45, 2.75) is 25.6 Å². The Kier molecular flexibility index (Phi) is 6.48. The average molecular weight is 368 g/mol. The highest BCUT2D eigenvalue weighted by molar-refractivity contribution is 5.85. The molecule has 0 radical (unpaired) electrons. The van der Waals surface area contributed by atoms with Gasteiger partial charge in [-0.3, -0.25) is 9.59 Å². The first kappa shape index (κ1) is 20.1. The third-order valence-electron chi connectivity index (χ3n) is 3.69. The van der Waals surface area contributed by atoms with Crippen LogP contribution >= 0.6 is 12.4 Å². The zero-order valence-electron chi connectivity index (χ0n) is 12.7. The Morgan fingerprint density at radius 1 is 1.33 bits per heavy atom. The van der Waals surface area contributed by atoms with Gasteiger partial charge in [-0.05, 0) is 25.5 Å². The largest absolute Gasteiger partial charge is 0.481 e. The predicted octanol–water partition coefficient (Wildman–Crippen LogP) is 2.83. The van der Waals surface area contributed by atoms with Crippen molar-refractivity contribution in [3.05, 3.63) is 29.8 Å². The maximum Gasteiger partial charge on any atom is 0.419 e. The molecule has 1 amide bonds. The topological polar surface area (TPSA) is 66.8 Å². The summed E-state index contributed by atoms with van der Waals surface area (Å²) < 4.78 is 43.9. The van der Waals surface area contributed by atoms with Gasteiger partial charge >= 0.3 is 12.1 Å². The number of benzene rings is 1. The van der Waals surface area contributed by atoms with E-state index in [9.17, 15) is 22.8 Å². The Labute approximate surface area is 142 Å². The fourth-order valence-corrected chi connectivity index (χ4v) is 2.46. The van der Waals surface area contributed by atoms with Crippen molar-refractivity contribution in [3.8, 4) is 5.75 Å². The smallest absolute Gasteiger partial charge is 0.419 e. The molecule has 0 bridgehead atoms. The molecule has 134 valence electrons. The van der Waals surface area contributed by atoms with E-state index in [2.05, 4.69) is 0 Å². The van der Waals surface area contributed by atoms with Crippen LogP contribution < -0.4 is 4.74 Å². The van der Waals surface area contributed by atoms with Gasteiger partial charge in [-0.2, -0.15) is 13.2 Å². The van der Waals surface area contributed by atoms with Crippen LogP contribution in [0.5, 0.6) is 5.75 Å². The highest BCUT2D eigenvalue weighted by Crippen LogP contribution is 2.36. The summed E-state index contributed by atoms with van der Waals surface area (Å²) in [5.41, 5.74) is -0.954. The second-order valence-electron chi connectivity index (χ2n) is 5.36. The monoisotopic (exact) mass is 367 g/mol. The fourth-order valence-electron chi connectivity index (χ4n) is 2.46. The third kappa shape index (κ3) is 4.53. The van der Waals surface area contributed by atoms with E-state index < -0.39 is 41.4 Å². The zero-order chi connectivity index (χ0) is 17.2. The maximum atomic E-state index is 12.9. The van der Waals surface area contributed by atoms with Crippen LogP contribution in [0.15, 0.2) is 24.3 Å². The summed E-state index contributed by atoms with van der Waals surface area (Å²) in [6.45, 7) is 1.65. The average Bonchev–Trinajstić information content (AvgIpc) is 2.95. The van der Waals surface area contributed by atoms with Crippen LogP contribution in [0.2, 0.25) is 0 Å². The maximum absolute atomic E-state index is 12.9. The van der Waals surface area contributed by atoms with E-state index in [0.29, 0.717) is 6.42 Å². The minimum Gasteiger partial charge on any atom is -0.481 e. The number of halogens is 4. The molecule has 1 saturated heterocycles. The fraction of sp³-hybridized carbons (Fsp3) is 0.467. The van der Waals surface area contributed by atoms with E-state index >= 15 is 0 Å². The standard InChI is InChI=1S/C15H16F3NO4.ClH/c1-9(13(20)19-7-6-10(8-19)14(21)22)23-12-5-3-2-4-11(12)15(16,17)18;/h2-5,9-10H,6-8H2,1H3,(H,21,22);1H. The molecule has 1 heterocycles. The molecule has 2 atom stereocenters. The van der Waals surface area contributed by atoms with E-state index in [1.54, 1.807) is 0 Å². The van der Waals surface area contributed by atoms with Crippen LogP contribution in [0.1, 0.15) is 18.9 Å². The number of para-hydroxylation sites is 1. The first-order valence-corrected chi connectivity index (χ1v) is 7.04. The van der Waals surface area contributed by atoms with Crippen LogP contribution in [-0.4, -0.2) is 41.1 Å². The number of carboxylic acids is 1. The Morgan fingerprint density at radius 3 is 2.50 bits per heavy atom. The molecular weight excluding hydrogens is 351 g/mol. The van der Waals surface area contributed by atoms with Crippen molar-refractivity contribution in [1.29, 1.82) is 0 Å². The molecule has 0 spiro atoms. The Bertz CT molecular complexity index is 609. The summed E-state index contributed by atoms with van der Waals surface area (Å²) in [7, 11) is 0. The van der Waals surface area contributed by atoms with Crippen LogP contribution in [0.25, 0.3) is 0 Å². The quantitative estimate of drug-likeness (QED) is 0.888. The van der Waals surface area contributed by atoms with Gasteiger partial charge in [0.2, 0.25) is 0 Å². The molecular formula is C15H17ClF3NO4. The Morgan fingerprint density at radius 2 is 1.96 bits per heavy atom. The number of carbonyl (C=O) groups excluding carboxylic acids is 1. The number of amides is 1. The Hall–Kier alpha value is -1.96. The van der Waals surface area contributed by atoms with Crippen molar-refractivity contribution < 1.29 is 32.6 Å². The summed E-state index contributed by atoms with van der Waals surface area (Å²) in [5, 5.41) is 8.92. The first-order chi connectivity index (χ1) is 10.7. The molecule has 0 saturated carbocycles. The van der Waals surface area contributed by atoms with Gasteiger partial charge in [-0.15, -0.1) is 12.4 Å². The minimum absolute atomic E-state index is 0. The number of rotatable bonds is 4. The van der Waals surface area contributed by atoms with Gasteiger partial charge in [0.05, 0.1) is 11.5 Å². The summed E-state index contributed by atoms with van der Waals surface area (Å²) in [5.74, 6) is -2.58. The Balaban J connectivity index is 0.00000288.